The number of aliphatic imine (C=N–C) groups is 1. The Morgan fingerprint density at radius 3 is 2.41 bits per heavy atom. The van der Waals surface area contributed by atoms with Crippen LogP contribution in [0.4, 0.5) is 0 Å². The Morgan fingerprint density at radius 2 is 1.73 bits per heavy atom. The molecule has 22 heavy (non-hydrogen) atoms. The topological polar surface area (TPSA) is 45.4 Å². The van der Waals surface area contributed by atoms with Crippen LogP contribution in [0, 0.1) is 11.3 Å². The Kier molecular flexibility index (Phi) is 3.84. The van der Waals surface area contributed by atoms with Crippen LogP contribution < -0.4 is 0 Å². The molecule has 1 aliphatic rings. The van der Waals surface area contributed by atoms with Crippen molar-refractivity contribution in [2.75, 3.05) is 6.54 Å². The highest BCUT2D eigenvalue weighted by atomic mass is 16.5. The molecule has 0 atom stereocenters. The summed E-state index contributed by atoms with van der Waals surface area (Å²) >= 11 is 0. The van der Waals surface area contributed by atoms with Crippen molar-refractivity contribution in [3.8, 4) is 6.07 Å². The van der Waals surface area contributed by atoms with E-state index in [2.05, 4.69) is 17.6 Å². The lowest BCUT2D eigenvalue weighted by Gasteiger charge is -2.09. The van der Waals surface area contributed by atoms with Gasteiger partial charge in [-0.3, -0.25) is 4.99 Å². The van der Waals surface area contributed by atoms with Crippen LogP contribution in [0.5, 0.6) is 0 Å². The Labute approximate surface area is 129 Å². The average Bonchev–Trinajstić information content (AvgIpc) is 2.78. The number of hydrogen-bond donors (Lipinski definition) is 0. The molecule has 0 radical (unpaired) electrons. The van der Waals surface area contributed by atoms with Gasteiger partial charge in [-0.1, -0.05) is 36.9 Å². The smallest absolute Gasteiger partial charge is 0.136 e. The molecule has 0 bridgehead atoms. The van der Waals surface area contributed by atoms with E-state index in [4.69, 9.17) is 10.00 Å². The molecule has 106 valence electrons. The van der Waals surface area contributed by atoms with E-state index in [9.17, 15) is 0 Å². The largest absolute Gasteiger partial charge is 0.460 e. The number of nitriles is 1. The Bertz CT molecular complexity index is 794. The first kappa shape index (κ1) is 13.8. The second-order valence-corrected chi connectivity index (χ2v) is 4.91. The predicted octanol–water partition coefficient (Wildman–Crippen LogP) is 3.93. The molecule has 0 aromatic heterocycles. The van der Waals surface area contributed by atoms with Crippen molar-refractivity contribution in [2.24, 2.45) is 4.99 Å². The SMILES string of the molecule is C=C1CN=C(c2ccccc2)C=C(c2ccc(C#N)cc2)O1. The van der Waals surface area contributed by atoms with Crippen LogP contribution in [0.3, 0.4) is 0 Å². The van der Waals surface area contributed by atoms with E-state index in [1.54, 1.807) is 12.1 Å². The number of ether oxygens (including phenoxy) is 1. The van der Waals surface area contributed by atoms with Gasteiger partial charge in [0.05, 0.1) is 23.9 Å². The van der Waals surface area contributed by atoms with Crippen molar-refractivity contribution in [2.45, 2.75) is 0 Å². The molecular formula is C19H14N2O. The van der Waals surface area contributed by atoms with E-state index in [0.717, 1.165) is 16.8 Å². The lowest BCUT2D eigenvalue weighted by Crippen LogP contribution is -1.97. The van der Waals surface area contributed by atoms with E-state index in [-0.39, 0.29) is 0 Å². The van der Waals surface area contributed by atoms with Crippen LogP contribution in [0.1, 0.15) is 16.7 Å². The van der Waals surface area contributed by atoms with Crippen molar-refractivity contribution in [3.63, 3.8) is 0 Å². The van der Waals surface area contributed by atoms with Gasteiger partial charge in [0.2, 0.25) is 0 Å². The molecule has 2 aromatic rings. The molecule has 0 N–H and O–H groups in total. The van der Waals surface area contributed by atoms with Gasteiger partial charge in [0.25, 0.3) is 0 Å². The molecule has 0 spiro atoms. The van der Waals surface area contributed by atoms with Crippen LogP contribution in [-0.2, 0) is 4.74 Å². The number of nitrogens with zero attached hydrogens (tertiary/aromatic N) is 2. The lowest BCUT2D eigenvalue weighted by atomic mass is 10.1. The summed E-state index contributed by atoms with van der Waals surface area (Å²) < 4.78 is 5.79. The zero-order valence-corrected chi connectivity index (χ0v) is 12.0. The average molecular weight is 286 g/mol. The first-order chi connectivity index (χ1) is 10.8. The summed E-state index contributed by atoms with van der Waals surface area (Å²) in [6, 6.07) is 19.3. The summed E-state index contributed by atoms with van der Waals surface area (Å²) in [5.74, 6) is 1.29. The first-order valence-electron chi connectivity index (χ1n) is 6.94. The third kappa shape index (κ3) is 2.97. The summed E-state index contributed by atoms with van der Waals surface area (Å²) in [6.07, 6.45) is 1.91. The third-order valence-electron chi connectivity index (χ3n) is 3.32. The molecule has 0 saturated carbocycles. The van der Waals surface area contributed by atoms with Gasteiger partial charge in [0, 0.05) is 11.6 Å². The second-order valence-electron chi connectivity index (χ2n) is 4.91. The standard InChI is InChI=1S/C19H14N2O/c1-14-13-21-18(16-5-3-2-4-6-16)11-19(22-14)17-9-7-15(12-20)8-10-17/h2-11H,1,13H2. The zero-order valence-electron chi connectivity index (χ0n) is 12.0. The molecule has 0 fully saturated rings. The lowest BCUT2D eigenvalue weighted by molar-refractivity contribution is 0.381. The summed E-state index contributed by atoms with van der Waals surface area (Å²) in [5, 5.41) is 8.89. The maximum atomic E-state index is 8.89. The van der Waals surface area contributed by atoms with E-state index < -0.39 is 0 Å². The molecule has 0 unspecified atom stereocenters. The van der Waals surface area contributed by atoms with E-state index in [0.29, 0.717) is 23.6 Å². The summed E-state index contributed by atoms with van der Waals surface area (Å²) in [4.78, 5) is 4.55. The first-order valence-corrected chi connectivity index (χ1v) is 6.94. The minimum atomic E-state index is 0.431. The molecule has 3 rings (SSSR count). The van der Waals surface area contributed by atoms with Crippen LogP contribution >= 0.6 is 0 Å². The fourth-order valence-electron chi connectivity index (χ4n) is 2.20. The van der Waals surface area contributed by atoms with E-state index in [1.807, 2.05) is 48.5 Å². The fourth-order valence-corrected chi connectivity index (χ4v) is 2.20. The summed E-state index contributed by atoms with van der Waals surface area (Å²) in [5.41, 5.74) is 3.41. The Hall–Kier alpha value is -3.12. The second kappa shape index (κ2) is 6.11. The predicted molar refractivity (Wildman–Crippen MR) is 87.2 cm³/mol. The van der Waals surface area contributed by atoms with Crippen LogP contribution in [0.25, 0.3) is 5.76 Å². The monoisotopic (exact) mass is 286 g/mol. The molecule has 0 amide bonds. The fraction of sp³-hybridized carbons (Fsp3) is 0.0526. The highest BCUT2D eigenvalue weighted by molar-refractivity contribution is 6.12. The van der Waals surface area contributed by atoms with Gasteiger partial charge in [0.1, 0.15) is 11.5 Å². The molecule has 1 aliphatic heterocycles. The molecule has 3 nitrogen and oxygen atoms in total. The van der Waals surface area contributed by atoms with Gasteiger partial charge >= 0.3 is 0 Å². The Morgan fingerprint density at radius 1 is 1.00 bits per heavy atom. The molecule has 3 heteroatoms. The molecule has 0 aliphatic carbocycles. The summed E-state index contributed by atoms with van der Waals surface area (Å²) in [7, 11) is 0. The van der Waals surface area contributed by atoms with Gasteiger partial charge < -0.3 is 4.74 Å². The van der Waals surface area contributed by atoms with Crippen LogP contribution in [0.2, 0.25) is 0 Å². The maximum absolute atomic E-state index is 8.89. The molecular weight excluding hydrogens is 272 g/mol. The quantitative estimate of drug-likeness (QED) is 0.839. The number of allylic oxidation sites excluding steroid dienone is 1. The van der Waals surface area contributed by atoms with Gasteiger partial charge in [-0.25, -0.2) is 0 Å². The highest BCUT2D eigenvalue weighted by Crippen LogP contribution is 2.23. The van der Waals surface area contributed by atoms with Crippen LogP contribution in [0.15, 0.2) is 78.0 Å². The Balaban J connectivity index is 2.01. The van der Waals surface area contributed by atoms with Gasteiger partial charge in [0.15, 0.2) is 0 Å². The van der Waals surface area contributed by atoms with Crippen molar-refractivity contribution >= 4 is 11.5 Å². The zero-order chi connectivity index (χ0) is 15.4. The molecule has 2 aromatic carbocycles. The normalized spacial score (nSPS) is 14.2. The molecule has 1 heterocycles. The van der Waals surface area contributed by atoms with Gasteiger partial charge in [-0.05, 0) is 29.8 Å². The number of rotatable bonds is 2. The maximum Gasteiger partial charge on any atom is 0.136 e. The van der Waals surface area contributed by atoms with Crippen LogP contribution in [-0.4, -0.2) is 12.3 Å². The number of benzene rings is 2. The van der Waals surface area contributed by atoms with Gasteiger partial charge in [-0.15, -0.1) is 0 Å². The van der Waals surface area contributed by atoms with E-state index in [1.165, 1.54) is 0 Å². The van der Waals surface area contributed by atoms with Crippen molar-refractivity contribution in [3.05, 3.63) is 89.7 Å². The van der Waals surface area contributed by atoms with E-state index >= 15 is 0 Å². The van der Waals surface area contributed by atoms with Crippen molar-refractivity contribution in [1.29, 1.82) is 5.26 Å². The minimum absolute atomic E-state index is 0.431. The summed E-state index contributed by atoms with van der Waals surface area (Å²) in [6.45, 7) is 4.32. The van der Waals surface area contributed by atoms with Crippen molar-refractivity contribution in [1.82, 2.24) is 0 Å². The van der Waals surface area contributed by atoms with Gasteiger partial charge in [-0.2, -0.15) is 5.26 Å². The number of hydrogen-bond acceptors (Lipinski definition) is 3. The van der Waals surface area contributed by atoms with Crippen molar-refractivity contribution < 1.29 is 4.74 Å². The highest BCUT2D eigenvalue weighted by Gasteiger charge is 2.12. The molecule has 0 saturated heterocycles. The third-order valence-corrected chi connectivity index (χ3v) is 3.32. The minimum Gasteiger partial charge on any atom is -0.460 e.